The van der Waals surface area contributed by atoms with Gasteiger partial charge in [-0.3, -0.25) is 14.9 Å². The van der Waals surface area contributed by atoms with Gasteiger partial charge in [-0.05, 0) is 18.3 Å². The number of nitrogens with zero attached hydrogens (tertiary/aromatic N) is 1. The lowest BCUT2D eigenvalue weighted by molar-refractivity contribution is -0.383. The van der Waals surface area contributed by atoms with Gasteiger partial charge in [0.05, 0.1) is 4.92 Å². The Balaban J connectivity index is 2.71. The topological polar surface area (TPSA) is 81.5 Å². The molecular weight excluding hydrogens is 244 g/mol. The summed E-state index contributed by atoms with van der Waals surface area (Å²) in [6.07, 6.45) is 0. The number of hydrogen-bond donors (Lipinski definition) is 1. The second-order valence-corrected chi connectivity index (χ2v) is 3.68. The minimum Gasteiger partial charge on any atom is -0.478 e. The fourth-order valence-electron chi connectivity index (χ4n) is 1.09. The summed E-state index contributed by atoms with van der Waals surface area (Å²) in [4.78, 5) is 21.5. The molecule has 0 aromatic heterocycles. The van der Waals surface area contributed by atoms with Crippen molar-refractivity contribution in [2.24, 2.45) is 0 Å². The molecule has 0 saturated carbocycles. The van der Waals surface area contributed by atoms with Crippen LogP contribution in [0.3, 0.4) is 0 Å². The van der Waals surface area contributed by atoms with E-state index < -0.39 is 10.8 Å². The number of para-hydroxylation sites is 2. The SMILES string of the molecule is CC(=S)OCC(=O)Nc1ccccc1[N+](=O)[O-]. The van der Waals surface area contributed by atoms with E-state index in [1.54, 1.807) is 6.07 Å². The van der Waals surface area contributed by atoms with Gasteiger partial charge in [0, 0.05) is 13.0 Å². The van der Waals surface area contributed by atoms with Crippen LogP contribution in [0.1, 0.15) is 6.92 Å². The number of ether oxygens (including phenoxy) is 1. The molecule has 0 atom stereocenters. The highest BCUT2D eigenvalue weighted by atomic mass is 32.1. The van der Waals surface area contributed by atoms with Crippen molar-refractivity contribution in [1.29, 1.82) is 0 Å². The van der Waals surface area contributed by atoms with Crippen LogP contribution in [0.5, 0.6) is 0 Å². The van der Waals surface area contributed by atoms with E-state index in [9.17, 15) is 14.9 Å². The van der Waals surface area contributed by atoms with Crippen LogP contribution in [0.2, 0.25) is 0 Å². The Morgan fingerprint density at radius 2 is 2.18 bits per heavy atom. The van der Waals surface area contributed by atoms with Gasteiger partial charge in [0.1, 0.15) is 5.69 Å². The van der Waals surface area contributed by atoms with Crippen LogP contribution in [0, 0.1) is 10.1 Å². The van der Waals surface area contributed by atoms with Gasteiger partial charge in [0.2, 0.25) is 0 Å². The lowest BCUT2D eigenvalue weighted by atomic mass is 10.2. The molecule has 0 unspecified atom stereocenters. The summed E-state index contributed by atoms with van der Waals surface area (Å²) in [7, 11) is 0. The maximum absolute atomic E-state index is 11.4. The molecule has 1 rings (SSSR count). The van der Waals surface area contributed by atoms with E-state index in [0.29, 0.717) is 0 Å². The summed E-state index contributed by atoms with van der Waals surface area (Å²) in [6.45, 7) is 1.27. The number of carbonyl (C=O) groups excluding carboxylic acids is 1. The van der Waals surface area contributed by atoms with Crippen molar-refractivity contribution in [3.63, 3.8) is 0 Å². The molecule has 7 heteroatoms. The lowest BCUT2D eigenvalue weighted by Gasteiger charge is -2.06. The third kappa shape index (κ3) is 4.15. The summed E-state index contributed by atoms with van der Waals surface area (Å²) < 4.78 is 4.83. The average Bonchev–Trinajstić information content (AvgIpc) is 2.27. The fraction of sp³-hybridized carbons (Fsp3) is 0.200. The zero-order chi connectivity index (χ0) is 12.8. The Bertz CT molecular complexity index is 461. The standard InChI is InChI=1S/C10H10N2O4S/c1-7(17)16-6-10(13)11-8-4-2-3-5-9(8)12(14)15/h2-5H,6H2,1H3,(H,11,13). The smallest absolute Gasteiger partial charge is 0.292 e. The van der Waals surface area contributed by atoms with Crippen molar-refractivity contribution >= 4 is 34.6 Å². The van der Waals surface area contributed by atoms with Crippen molar-refractivity contribution in [3.8, 4) is 0 Å². The molecule has 0 aliphatic carbocycles. The van der Waals surface area contributed by atoms with Crippen LogP contribution in [-0.2, 0) is 9.53 Å². The van der Waals surface area contributed by atoms with Gasteiger partial charge in [-0.2, -0.15) is 0 Å². The zero-order valence-corrected chi connectivity index (χ0v) is 9.82. The van der Waals surface area contributed by atoms with Crippen LogP contribution < -0.4 is 5.32 Å². The van der Waals surface area contributed by atoms with Gasteiger partial charge in [0.15, 0.2) is 11.7 Å². The highest BCUT2D eigenvalue weighted by molar-refractivity contribution is 7.80. The zero-order valence-electron chi connectivity index (χ0n) is 9.00. The first-order chi connectivity index (χ1) is 8.00. The molecule has 6 nitrogen and oxygen atoms in total. The molecule has 0 aliphatic rings. The summed E-state index contributed by atoms with van der Waals surface area (Å²) >= 11 is 4.64. The predicted molar refractivity (Wildman–Crippen MR) is 66.0 cm³/mol. The van der Waals surface area contributed by atoms with Gasteiger partial charge in [-0.25, -0.2) is 0 Å². The number of nitro benzene ring substituents is 1. The van der Waals surface area contributed by atoms with Crippen LogP contribution in [-0.4, -0.2) is 22.5 Å². The average molecular weight is 254 g/mol. The largest absolute Gasteiger partial charge is 0.478 e. The van der Waals surface area contributed by atoms with Gasteiger partial charge in [-0.15, -0.1) is 0 Å². The first-order valence-corrected chi connectivity index (χ1v) is 5.08. The Morgan fingerprint density at radius 3 is 2.76 bits per heavy atom. The van der Waals surface area contributed by atoms with Crippen molar-refractivity contribution in [1.82, 2.24) is 0 Å². The van der Waals surface area contributed by atoms with Crippen molar-refractivity contribution in [2.45, 2.75) is 6.92 Å². The molecule has 1 N–H and O–H groups in total. The maximum Gasteiger partial charge on any atom is 0.292 e. The number of rotatable bonds is 4. The molecule has 90 valence electrons. The molecule has 0 saturated heterocycles. The second-order valence-electron chi connectivity index (χ2n) is 3.10. The summed E-state index contributed by atoms with van der Waals surface area (Å²) in [5.74, 6) is -0.497. The number of anilines is 1. The summed E-state index contributed by atoms with van der Waals surface area (Å²) in [5, 5.41) is 13.3. The number of thiocarbonyl (C=S) groups is 1. The highest BCUT2D eigenvalue weighted by Crippen LogP contribution is 2.22. The molecule has 1 amide bonds. The molecule has 0 heterocycles. The minimum atomic E-state index is -0.569. The molecular formula is C10H10N2O4S. The first-order valence-electron chi connectivity index (χ1n) is 4.67. The van der Waals surface area contributed by atoms with E-state index in [1.165, 1.54) is 25.1 Å². The van der Waals surface area contributed by atoms with Crippen molar-refractivity contribution < 1.29 is 14.5 Å². The van der Waals surface area contributed by atoms with E-state index in [0.717, 1.165) is 0 Å². The van der Waals surface area contributed by atoms with Crippen LogP contribution in [0.15, 0.2) is 24.3 Å². The quantitative estimate of drug-likeness (QED) is 0.504. The molecule has 0 aliphatic heterocycles. The summed E-state index contributed by atoms with van der Waals surface area (Å²) in [6, 6.07) is 5.86. The Morgan fingerprint density at radius 1 is 1.53 bits per heavy atom. The minimum absolute atomic E-state index is 0.133. The lowest BCUT2D eigenvalue weighted by Crippen LogP contribution is -2.19. The van der Waals surface area contributed by atoms with E-state index >= 15 is 0 Å². The highest BCUT2D eigenvalue weighted by Gasteiger charge is 2.14. The number of amides is 1. The van der Waals surface area contributed by atoms with Crippen LogP contribution in [0.25, 0.3) is 0 Å². The summed E-state index contributed by atoms with van der Waals surface area (Å²) in [5.41, 5.74) is -0.0342. The molecule has 1 aromatic carbocycles. The third-order valence-electron chi connectivity index (χ3n) is 1.78. The molecule has 0 spiro atoms. The van der Waals surface area contributed by atoms with Gasteiger partial charge < -0.3 is 10.1 Å². The van der Waals surface area contributed by atoms with Crippen molar-refractivity contribution in [3.05, 3.63) is 34.4 Å². The van der Waals surface area contributed by atoms with Gasteiger partial charge in [0.25, 0.3) is 11.6 Å². The fourth-order valence-corrected chi connectivity index (χ4v) is 1.15. The number of carbonyl (C=O) groups is 1. The molecule has 1 aromatic rings. The monoisotopic (exact) mass is 254 g/mol. The molecule has 0 fully saturated rings. The number of nitrogens with one attached hydrogen (secondary N) is 1. The third-order valence-corrected chi connectivity index (χ3v) is 1.90. The van der Waals surface area contributed by atoms with Gasteiger partial charge in [-0.1, -0.05) is 12.1 Å². The molecule has 0 radical (unpaired) electrons. The Hall–Kier alpha value is -2.02. The van der Waals surface area contributed by atoms with Crippen LogP contribution in [0.4, 0.5) is 11.4 Å². The number of benzene rings is 1. The number of nitro groups is 1. The van der Waals surface area contributed by atoms with Gasteiger partial charge >= 0.3 is 0 Å². The van der Waals surface area contributed by atoms with Crippen LogP contribution >= 0.6 is 12.2 Å². The molecule has 0 bridgehead atoms. The van der Waals surface area contributed by atoms with E-state index in [2.05, 4.69) is 17.5 Å². The maximum atomic E-state index is 11.4. The Kier molecular flexibility index (Phi) is 4.53. The first kappa shape index (κ1) is 13.0. The normalized spacial score (nSPS) is 9.47. The Labute approximate surface area is 103 Å². The van der Waals surface area contributed by atoms with Crippen molar-refractivity contribution in [2.75, 3.05) is 11.9 Å². The number of hydrogen-bond acceptors (Lipinski definition) is 5. The predicted octanol–water partition coefficient (Wildman–Crippen LogP) is 1.90. The van der Waals surface area contributed by atoms with E-state index in [4.69, 9.17) is 4.74 Å². The second kappa shape index (κ2) is 5.90. The molecule has 17 heavy (non-hydrogen) atoms. The van der Waals surface area contributed by atoms with E-state index in [-0.39, 0.29) is 23.0 Å². The van der Waals surface area contributed by atoms with E-state index in [1.807, 2.05) is 0 Å².